The standard InChI is InChI=1S/C11H19NO2/c1-4-10(8(2)3)12-6-5-9(13)7-11(12)14/h8,10H,4-7H2,1-3H3. The van der Waals surface area contributed by atoms with Gasteiger partial charge >= 0.3 is 0 Å². The molecule has 0 saturated carbocycles. The van der Waals surface area contributed by atoms with Crippen LogP contribution in [0.2, 0.25) is 0 Å². The van der Waals surface area contributed by atoms with Crippen LogP contribution < -0.4 is 0 Å². The molecular formula is C11H19NO2. The number of rotatable bonds is 3. The van der Waals surface area contributed by atoms with Crippen molar-refractivity contribution in [1.82, 2.24) is 4.90 Å². The lowest BCUT2D eigenvalue weighted by molar-refractivity contribution is -0.142. The van der Waals surface area contributed by atoms with E-state index in [0.29, 0.717) is 24.9 Å². The lowest BCUT2D eigenvalue weighted by Crippen LogP contribution is -2.47. The van der Waals surface area contributed by atoms with E-state index in [1.54, 1.807) is 0 Å². The fourth-order valence-corrected chi connectivity index (χ4v) is 2.13. The highest BCUT2D eigenvalue weighted by Crippen LogP contribution is 2.19. The fraction of sp³-hybridized carbons (Fsp3) is 0.818. The van der Waals surface area contributed by atoms with Gasteiger partial charge in [-0.2, -0.15) is 0 Å². The predicted octanol–water partition coefficient (Wildman–Crippen LogP) is 1.61. The number of Topliss-reactive ketones (excluding diaryl/α,β-unsaturated/α-hetero) is 1. The SMILES string of the molecule is CCC(C(C)C)N1CCC(=O)CC1=O. The summed E-state index contributed by atoms with van der Waals surface area (Å²) in [5.74, 6) is 0.573. The number of carbonyl (C=O) groups excluding carboxylic acids is 2. The van der Waals surface area contributed by atoms with Crippen molar-refractivity contribution in [2.24, 2.45) is 5.92 Å². The third kappa shape index (κ3) is 2.34. The van der Waals surface area contributed by atoms with Crippen LogP contribution in [0.15, 0.2) is 0 Å². The summed E-state index contributed by atoms with van der Waals surface area (Å²) in [6, 6.07) is 0.301. The van der Waals surface area contributed by atoms with E-state index in [0.717, 1.165) is 6.42 Å². The van der Waals surface area contributed by atoms with Crippen LogP contribution >= 0.6 is 0 Å². The molecule has 1 unspecified atom stereocenters. The molecule has 1 aliphatic heterocycles. The van der Waals surface area contributed by atoms with Crippen molar-refractivity contribution in [3.63, 3.8) is 0 Å². The first-order valence-corrected chi connectivity index (χ1v) is 5.37. The maximum Gasteiger partial charge on any atom is 0.230 e. The molecule has 1 heterocycles. The van der Waals surface area contributed by atoms with Crippen molar-refractivity contribution in [3.8, 4) is 0 Å². The van der Waals surface area contributed by atoms with Crippen molar-refractivity contribution in [3.05, 3.63) is 0 Å². The van der Waals surface area contributed by atoms with Gasteiger partial charge < -0.3 is 4.90 Å². The van der Waals surface area contributed by atoms with Gasteiger partial charge in [0, 0.05) is 19.0 Å². The Hall–Kier alpha value is -0.860. The topological polar surface area (TPSA) is 37.4 Å². The van der Waals surface area contributed by atoms with Gasteiger partial charge in [0.2, 0.25) is 5.91 Å². The number of amides is 1. The van der Waals surface area contributed by atoms with Gasteiger partial charge in [0.1, 0.15) is 5.78 Å². The van der Waals surface area contributed by atoms with Crippen LogP contribution in [-0.2, 0) is 9.59 Å². The molecule has 0 bridgehead atoms. The summed E-state index contributed by atoms with van der Waals surface area (Å²) in [5.41, 5.74) is 0. The Morgan fingerprint density at radius 2 is 2.00 bits per heavy atom. The quantitative estimate of drug-likeness (QED) is 0.645. The molecule has 0 radical (unpaired) electrons. The van der Waals surface area contributed by atoms with E-state index in [4.69, 9.17) is 0 Å². The minimum Gasteiger partial charge on any atom is -0.339 e. The summed E-state index contributed by atoms with van der Waals surface area (Å²) in [6.07, 6.45) is 1.62. The molecular weight excluding hydrogens is 178 g/mol. The molecule has 0 aromatic carbocycles. The van der Waals surface area contributed by atoms with E-state index in [-0.39, 0.29) is 18.1 Å². The number of carbonyl (C=O) groups is 2. The number of hydrogen-bond donors (Lipinski definition) is 0. The number of likely N-dealkylation sites (tertiary alicyclic amines) is 1. The van der Waals surface area contributed by atoms with E-state index in [1.807, 2.05) is 4.90 Å². The van der Waals surface area contributed by atoms with Crippen molar-refractivity contribution in [2.75, 3.05) is 6.54 Å². The first-order valence-electron chi connectivity index (χ1n) is 5.37. The molecule has 3 nitrogen and oxygen atoms in total. The van der Waals surface area contributed by atoms with Crippen molar-refractivity contribution < 1.29 is 9.59 Å². The van der Waals surface area contributed by atoms with Gasteiger partial charge in [-0.15, -0.1) is 0 Å². The lowest BCUT2D eigenvalue weighted by atomic mass is 9.96. The molecule has 0 spiro atoms. The minimum atomic E-state index is 0.0156. The molecule has 1 rings (SSSR count). The summed E-state index contributed by atoms with van der Waals surface area (Å²) in [7, 11) is 0. The number of ketones is 1. The van der Waals surface area contributed by atoms with Gasteiger partial charge in [-0.1, -0.05) is 20.8 Å². The van der Waals surface area contributed by atoms with Crippen molar-refractivity contribution in [1.29, 1.82) is 0 Å². The number of piperidine rings is 1. The Labute approximate surface area is 85.5 Å². The van der Waals surface area contributed by atoms with Gasteiger partial charge in [0.05, 0.1) is 6.42 Å². The molecule has 14 heavy (non-hydrogen) atoms. The zero-order valence-electron chi connectivity index (χ0n) is 9.25. The summed E-state index contributed by atoms with van der Waals surface area (Å²) in [5, 5.41) is 0. The monoisotopic (exact) mass is 197 g/mol. The highest BCUT2D eigenvalue weighted by Gasteiger charge is 2.29. The van der Waals surface area contributed by atoms with Gasteiger partial charge in [-0.3, -0.25) is 9.59 Å². The van der Waals surface area contributed by atoms with Gasteiger partial charge in [0.15, 0.2) is 0 Å². The molecule has 1 atom stereocenters. The minimum absolute atomic E-state index is 0.0156. The maximum absolute atomic E-state index is 11.6. The Kier molecular flexibility index (Phi) is 3.67. The van der Waals surface area contributed by atoms with Gasteiger partial charge in [-0.05, 0) is 12.3 Å². The summed E-state index contributed by atoms with van der Waals surface area (Å²) < 4.78 is 0. The molecule has 1 aliphatic rings. The average molecular weight is 197 g/mol. The number of hydrogen-bond acceptors (Lipinski definition) is 2. The van der Waals surface area contributed by atoms with E-state index in [2.05, 4.69) is 20.8 Å². The van der Waals surface area contributed by atoms with E-state index in [9.17, 15) is 9.59 Å². The van der Waals surface area contributed by atoms with Gasteiger partial charge in [-0.25, -0.2) is 0 Å². The van der Waals surface area contributed by atoms with Crippen LogP contribution in [0.5, 0.6) is 0 Å². The lowest BCUT2D eigenvalue weighted by Gasteiger charge is -2.36. The van der Waals surface area contributed by atoms with Crippen LogP contribution in [0.25, 0.3) is 0 Å². The summed E-state index contributed by atoms with van der Waals surface area (Å²) in [6.45, 7) is 6.96. The molecule has 0 aromatic rings. The van der Waals surface area contributed by atoms with Crippen LogP contribution in [0.4, 0.5) is 0 Å². The average Bonchev–Trinajstić information content (AvgIpc) is 2.09. The molecule has 3 heteroatoms. The molecule has 0 N–H and O–H groups in total. The van der Waals surface area contributed by atoms with Crippen LogP contribution in [0.3, 0.4) is 0 Å². The Bertz CT molecular complexity index is 235. The molecule has 0 aromatic heterocycles. The Balaban J connectivity index is 2.66. The first-order chi connectivity index (χ1) is 6.56. The summed E-state index contributed by atoms with van der Waals surface area (Å²) >= 11 is 0. The fourth-order valence-electron chi connectivity index (χ4n) is 2.13. The third-order valence-electron chi connectivity index (χ3n) is 2.89. The molecule has 1 fully saturated rings. The smallest absolute Gasteiger partial charge is 0.230 e. The second-order valence-electron chi connectivity index (χ2n) is 4.27. The second kappa shape index (κ2) is 4.58. The van der Waals surface area contributed by atoms with E-state index >= 15 is 0 Å². The number of nitrogens with zero attached hydrogens (tertiary/aromatic N) is 1. The zero-order valence-corrected chi connectivity index (χ0v) is 9.25. The highest BCUT2D eigenvalue weighted by molar-refractivity contribution is 6.00. The Morgan fingerprint density at radius 1 is 1.36 bits per heavy atom. The molecule has 80 valence electrons. The maximum atomic E-state index is 11.6. The highest BCUT2D eigenvalue weighted by atomic mass is 16.2. The van der Waals surface area contributed by atoms with E-state index < -0.39 is 0 Å². The zero-order chi connectivity index (χ0) is 10.7. The Morgan fingerprint density at radius 3 is 2.43 bits per heavy atom. The molecule has 0 aliphatic carbocycles. The van der Waals surface area contributed by atoms with Crippen molar-refractivity contribution >= 4 is 11.7 Å². The predicted molar refractivity (Wildman–Crippen MR) is 54.9 cm³/mol. The van der Waals surface area contributed by atoms with Crippen LogP contribution in [0, 0.1) is 5.92 Å². The first kappa shape index (κ1) is 11.2. The van der Waals surface area contributed by atoms with Crippen LogP contribution in [-0.4, -0.2) is 29.2 Å². The van der Waals surface area contributed by atoms with Crippen LogP contribution in [0.1, 0.15) is 40.0 Å². The largest absolute Gasteiger partial charge is 0.339 e. The normalized spacial score (nSPS) is 20.4. The molecule has 1 amide bonds. The van der Waals surface area contributed by atoms with Crippen molar-refractivity contribution in [2.45, 2.75) is 46.1 Å². The second-order valence-corrected chi connectivity index (χ2v) is 4.27. The third-order valence-corrected chi connectivity index (χ3v) is 2.89. The van der Waals surface area contributed by atoms with E-state index in [1.165, 1.54) is 0 Å². The summed E-state index contributed by atoms with van der Waals surface area (Å²) in [4.78, 5) is 24.5. The van der Waals surface area contributed by atoms with Gasteiger partial charge in [0.25, 0.3) is 0 Å². The molecule has 1 saturated heterocycles.